The van der Waals surface area contributed by atoms with E-state index in [0.717, 1.165) is 23.1 Å². The third kappa shape index (κ3) is 3.48. The van der Waals surface area contributed by atoms with Gasteiger partial charge in [-0.2, -0.15) is 5.10 Å². The zero-order valence-electron chi connectivity index (χ0n) is 14.9. The summed E-state index contributed by atoms with van der Waals surface area (Å²) in [4.78, 5) is 25.3. The zero-order chi connectivity index (χ0) is 19.7. The molecule has 0 radical (unpaired) electrons. The Balaban J connectivity index is 1.62. The van der Waals surface area contributed by atoms with E-state index in [4.69, 9.17) is 11.6 Å². The van der Waals surface area contributed by atoms with E-state index >= 15 is 0 Å². The van der Waals surface area contributed by atoms with Crippen LogP contribution in [0.2, 0.25) is 5.02 Å². The molecule has 0 aliphatic carbocycles. The maximum atomic E-state index is 12.7. The summed E-state index contributed by atoms with van der Waals surface area (Å²) in [5.41, 5.74) is 3.15. The van der Waals surface area contributed by atoms with Gasteiger partial charge in [-0.1, -0.05) is 48.0 Å². The highest BCUT2D eigenvalue weighted by molar-refractivity contribution is 6.33. The molecule has 1 aliphatic heterocycles. The van der Waals surface area contributed by atoms with Crippen LogP contribution in [0.25, 0.3) is 0 Å². The van der Waals surface area contributed by atoms with Crippen molar-refractivity contribution in [2.45, 2.75) is 19.5 Å². The Morgan fingerprint density at radius 2 is 1.93 bits per heavy atom. The molecule has 0 amide bonds. The molecule has 4 rings (SSSR count). The number of nitro groups is 1. The van der Waals surface area contributed by atoms with Crippen molar-refractivity contribution in [2.24, 2.45) is 0 Å². The zero-order valence-corrected chi connectivity index (χ0v) is 15.7. The highest BCUT2D eigenvalue weighted by Crippen LogP contribution is 2.29. The van der Waals surface area contributed by atoms with E-state index in [-0.39, 0.29) is 16.3 Å². The Morgan fingerprint density at radius 3 is 2.68 bits per heavy atom. The lowest BCUT2D eigenvalue weighted by Gasteiger charge is -2.30. The van der Waals surface area contributed by atoms with Gasteiger partial charge in [-0.05, 0) is 23.1 Å². The van der Waals surface area contributed by atoms with Crippen molar-refractivity contribution in [2.75, 3.05) is 11.4 Å². The molecule has 142 valence electrons. The molecule has 0 bridgehead atoms. The summed E-state index contributed by atoms with van der Waals surface area (Å²) in [6, 6.07) is 14.5. The van der Waals surface area contributed by atoms with Crippen LogP contribution in [0.3, 0.4) is 0 Å². The van der Waals surface area contributed by atoms with Gasteiger partial charge < -0.3 is 4.90 Å². The van der Waals surface area contributed by atoms with Crippen molar-refractivity contribution >= 4 is 23.0 Å². The van der Waals surface area contributed by atoms with Crippen LogP contribution >= 0.6 is 11.6 Å². The number of rotatable bonds is 4. The predicted molar refractivity (Wildman–Crippen MR) is 107 cm³/mol. The number of halogens is 1. The number of benzene rings is 2. The van der Waals surface area contributed by atoms with Gasteiger partial charge in [0.25, 0.3) is 11.2 Å². The van der Waals surface area contributed by atoms with Crippen molar-refractivity contribution in [3.8, 4) is 0 Å². The first-order valence-corrected chi connectivity index (χ1v) is 9.21. The van der Waals surface area contributed by atoms with Gasteiger partial charge in [0.15, 0.2) is 0 Å². The van der Waals surface area contributed by atoms with Crippen LogP contribution in [0, 0.1) is 10.1 Å². The maximum absolute atomic E-state index is 12.7. The SMILES string of the molecule is O=c1c(Cl)c(N2CCc3ccc([N+](=O)[O-])cc3C2)cnn1Cc1ccccc1. The quantitative estimate of drug-likeness (QED) is 0.498. The van der Waals surface area contributed by atoms with E-state index in [1.54, 1.807) is 18.3 Å². The first kappa shape index (κ1) is 18.2. The lowest BCUT2D eigenvalue weighted by molar-refractivity contribution is -0.384. The summed E-state index contributed by atoms with van der Waals surface area (Å²) in [6.45, 7) is 1.45. The minimum absolute atomic E-state index is 0.0584. The summed E-state index contributed by atoms with van der Waals surface area (Å²) >= 11 is 6.38. The molecular formula is C20H17ClN4O3. The van der Waals surface area contributed by atoms with E-state index in [9.17, 15) is 14.9 Å². The Bertz CT molecular complexity index is 1100. The molecule has 0 N–H and O–H groups in total. The van der Waals surface area contributed by atoms with E-state index < -0.39 is 4.92 Å². The van der Waals surface area contributed by atoms with E-state index in [1.165, 1.54) is 10.7 Å². The van der Waals surface area contributed by atoms with E-state index in [2.05, 4.69) is 5.10 Å². The number of aromatic nitrogens is 2. The van der Waals surface area contributed by atoms with Crippen molar-refractivity contribution in [1.29, 1.82) is 0 Å². The van der Waals surface area contributed by atoms with Crippen molar-refractivity contribution in [3.63, 3.8) is 0 Å². The third-order valence-corrected chi connectivity index (χ3v) is 5.25. The minimum atomic E-state index is -0.404. The molecule has 0 atom stereocenters. The average Bonchev–Trinajstić information content (AvgIpc) is 2.71. The lowest BCUT2D eigenvalue weighted by atomic mass is 9.99. The largest absolute Gasteiger partial charge is 0.364 e. The van der Waals surface area contributed by atoms with Gasteiger partial charge >= 0.3 is 0 Å². The maximum Gasteiger partial charge on any atom is 0.287 e. The monoisotopic (exact) mass is 396 g/mol. The Kier molecular flexibility index (Phi) is 4.83. The van der Waals surface area contributed by atoms with E-state index in [1.807, 2.05) is 35.2 Å². The number of nitro benzene ring substituents is 1. The Hall–Kier alpha value is -3.19. The first-order valence-electron chi connectivity index (χ1n) is 8.83. The standard InChI is InChI=1S/C20H17ClN4O3/c21-19-18(11-22-24(20(19)26)12-14-4-2-1-3-5-14)23-9-8-15-6-7-17(25(27)28)10-16(15)13-23/h1-7,10-11H,8-9,12-13H2. The molecule has 28 heavy (non-hydrogen) atoms. The molecule has 2 aromatic carbocycles. The van der Waals surface area contributed by atoms with E-state index in [0.29, 0.717) is 25.3 Å². The molecule has 2 heterocycles. The van der Waals surface area contributed by atoms with Gasteiger partial charge in [0.05, 0.1) is 23.4 Å². The number of fused-ring (bicyclic) bond motifs is 1. The van der Waals surface area contributed by atoms with Crippen LogP contribution in [0.1, 0.15) is 16.7 Å². The second-order valence-corrected chi connectivity index (χ2v) is 7.05. The smallest absolute Gasteiger partial charge is 0.287 e. The Labute approximate surface area is 165 Å². The number of nitrogens with zero attached hydrogens (tertiary/aromatic N) is 4. The minimum Gasteiger partial charge on any atom is -0.364 e. The number of anilines is 1. The Morgan fingerprint density at radius 1 is 1.14 bits per heavy atom. The topological polar surface area (TPSA) is 81.3 Å². The van der Waals surface area contributed by atoms with Crippen LogP contribution < -0.4 is 10.5 Å². The number of non-ortho nitro benzene ring substituents is 1. The average molecular weight is 397 g/mol. The van der Waals surface area contributed by atoms with Gasteiger partial charge in [0.1, 0.15) is 5.02 Å². The van der Waals surface area contributed by atoms with Crippen LogP contribution in [-0.4, -0.2) is 21.2 Å². The van der Waals surface area contributed by atoms with Gasteiger partial charge in [-0.15, -0.1) is 0 Å². The molecule has 0 unspecified atom stereocenters. The first-order chi connectivity index (χ1) is 13.5. The fourth-order valence-corrected chi connectivity index (χ4v) is 3.67. The van der Waals surface area contributed by atoms with Gasteiger partial charge in [-0.25, -0.2) is 4.68 Å². The summed E-state index contributed by atoms with van der Waals surface area (Å²) in [7, 11) is 0. The molecule has 0 saturated heterocycles. The molecule has 0 fully saturated rings. The van der Waals surface area contributed by atoms with Crippen LogP contribution in [0.15, 0.2) is 59.5 Å². The van der Waals surface area contributed by atoms with Crippen molar-refractivity contribution < 1.29 is 4.92 Å². The van der Waals surface area contributed by atoms with Gasteiger partial charge in [0, 0.05) is 25.2 Å². The number of hydrogen-bond donors (Lipinski definition) is 0. The molecule has 3 aromatic rings. The molecule has 0 spiro atoms. The van der Waals surface area contributed by atoms with Crippen molar-refractivity contribution in [1.82, 2.24) is 9.78 Å². The van der Waals surface area contributed by atoms with Crippen LogP contribution in [0.5, 0.6) is 0 Å². The summed E-state index contributed by atoms with van der Waals surface area (Å²) < 4.78 is 1.34. The highest BCUT2D eigenvalue weighted by atomic mass is 35.5. The van der Waals surface area contributed by atoms with Crippen molar-refractivity contribution in [3.05, 3.63) is 96.9 Å². The molecule has 1 aliphatic rings. The van der Waals surface area contributed by atoms with Gasteiger partial charge in [-0.3, -0.25) is 14.9 Å². The predicted octanol–water partition coefficient (Wildman–Crippen LogP) is 3.42. The molecule has 7 nitrogen and oxygen atoms in total. The molecule has 0 saturated carbocycles. The third-order valence-electron chi connectivity index (χ3n) is 4.90. The fraction of sp³-hybridized carbons (Fsp3) is 0.200. The summed E-state index contributed by atoms with van der Waals surface area (Å²) in [5, 5.41) is 15.4. The fourth-order valence-electron chi connectivity index (χ4n) is 3.41. The number of hydrogen-bond acceptors (Lipinski definition) is 5. The molecular weight excluding hydrogens is 380 g/mol. The van der Waals surface area contributed by atoms with Crippen LogP contribution in [-0.2, 0) is 19.5 Å². The summed E-state index contributed by atoms with van der Waals surface area (Å²) in [6.07, 6.45) is 2.31. The second kappa shape index (κ2) is 7.44. The lowest BCUT2D eigenvalue weighted by Crippen LogP contribution is -2.33. The molecule has 8 heteroatoms. The normalized spacial score (nSPS) is 13.2. The molecule has 1 aromatic heterocycles. The summed E-state index contributed by atoms with van der Waals surface area (Å²) in [5.74, 6) is 0. The second-order valence-electron chi connectivity index (χ2n) is 6.67. The van der Waals surface area contributed by atoms with Crippen LogP contribution in [0.4, 0.5) is 11.4 Å². The highest BCUT2D eigenvalue weighted by Gasteiger charge is 2.22. The van der Waals surface area contributed by atoms with Gasteiger partial charge in [0.2, 0.25) is 0 Å².